The lowest BCUT2D eigenvalue weighted by Gasteiger charge is -2.17. The predicted octanol–water partition coefficient (Wildman–Crippen LogP) is 24.5. The lowest BCUT2D eigenvalue weighted by molar-refractivity contribution is -0.115. The van der Waals surface area contributed by atoms with Gasteiger partial charge in [0, 0.05) is 81.3 Å². The molecule has 0 spiro atoms. The Bertz CT molecular complexity index is 6050. The van der Waals surface area contributed by atoms with E-state index in [1.807, 2.05) is 236 Å². The molecule has 14 aromatic carbocycles. The fraction of sp³-hybridized carbons (Fsp3) is 0.126. The highest BCUT2D eigenvalue weighted by atomic mass is 16.7. The number of rotatable bonds is 18. The van der Waals surface area contributed by atoms with Gasteiger partial charge in [0.15, 0.2) is 34.7 Å². The average Bonchev–Trinajstić information content (AvgIpc) is 1.73. The molecule has 12 nitrogen and oxygen atoms in total. The maximum Gasteiger partial charge on any atom is 0.231 e. The molecular weight excluding hydrogens is 1430 g/mol. The van der Waals surface area contributed by atoms with Gasteiger partial charge in [-0.25, -0.2) is 0 Å². The van der Waals surface area contributed by atoms with Gasteiger partial charge >= 0.3 is 0 Å². The molecule has 0 atom stereocenters. The van der Waals surface area contributed by atoms with Gasteiger partial charge in [-0.2, -0.15) is 0 Å². The number of hydrogen-bond donors (Lipinski definition) is 0. The molecule has 0 saturated heterocycles. The summed E-state index contributed by atoms with van der Waals surface area (Å²) in [7, 11) is 0. The van der Waals surface area contributed by atoms with Crippen molar-refractivity contribution in [1.82, 2.24) is 0 Å². The van der Waals surface area contributed by atoms with E-state index in [1.54, 1.807) is 36.5 Å². The van der Waals surface area contributed by atoms with Gasteiger partial charge in [-0.3, -0.25) is 28.8 Å². The van der Waals surface area contributed by atoms with Crippen molar-refractivity contribution in [3.05, 3.63) is 323 Å². The zero-order valence-corrected chi connectivity index (χ0v) is 64.7. The Balaban J connectivity index is 0.000000137. The van der Waals surface area contributed by atoms with Crippen LogP contribution in [0.3, 0.4) is 0 Å². The summed E-state index contributed by atoms with van der Waals surface area (Å²) in [6.07, 6.45) is 22.7. The third-order valence-corrected chi connectivity index (χ3v) is 20.8. The van der Waals surface area contributed by atoms with Crippen LogP contribution in [0, 0.1) is 13.8 Å². The fourth-order valence-corrected chi connectivity index (χ4v) is 14.6. The van der Waals surface area contributed by atoms with Gasteiger partial charge in [-0.15, -0.1) is 0 Å². The second-order valence-electron chi connectivity index (χ2n) is 28.4. The molecule has 0 fully saturated rings. The van der Waals surface area contributed by atoms with E-state index in [9.17, 15) is 28.8 Å². The zero-order valence-electron chi connectivity index (χ0n) is 64.7. The number of carbonyl (C=O) groups excluding carboxylic acids is 6. The second kappa shape index (κ2) is 34.3. The van der Waals surface area contributed by atoms with Crippen molar-refractivity contribution < 1.29 is 57.2 Å². The summed E-state index contributed by atoms with van der Waals surface area (Å²) in [6, 6.07) is 76.4. The number of fused-ring (bicyclic) bond motifs is 21. The molecule has 0 saturated carbocycles. The summed E-state index contributed by atoms with van der Waals surface area (Å²) in [5, 5.41) is 12.4. The highest BCUT2D eigenvalue weighted by Gasteiger charge is 2.28. The molecule has 566 valence electrons. The smallest absolute Gasteiger partial charge is 0.231 e. The Hall–Kier alpha value is -14.1. The first-order chi connectivity index (χ1) is 56.1. The van der Waals surface area contributed by atoms with Crippen molar-refractivity contribution in [3.63, 3.8) is 0 Å². The maximum atomic E-state index is 12.9. The number of hydrogen-bond acceptors (Lipinski definition) is 12. The van der Waals surface area contributed by atoms with Crippen molar-refractivity contribution >= 4 is 136 Å². The second-order valence-corrected chi connectivity index (χ2v) is 28.4. The Labute approximate surface area is 667 Å². The summed E-state index contributed by atoms with van der Waals surface area (Å²) in [6.45, 7) is 11.7. The summed E-state index contributed by atoms with van der Waals surface area (Å²) >= 11 is 0. The Morgan fingerprint density at radius 3 is 0.948 bits per heavy atom. The number of ether oxygens (including phenoxy) is 6. The monoisotopic (exact) mass is 1510 g/mol. The Morgan fingerprint density at radius 1 is 0.270 bits per heavy atom. The lowest BCUT2D eigenvalue weighted by atomic mass is 9.88. The van der Waals surface area contributed by atoms with Crippen LogP contribution in [-0.2, 0) is 19.2 Å². The molecule has 0 bridgehead atoms. The first-order valence-corrected chi connectivity index (χ1v) is 38.7. The van der Waals surface area contributed by atoms with Crippen LogP contribution in [0.25, 0.3) is 134 Å². The Kier molecular flexibility index (Phi) is 22.7. The molecule has 17 rings (SSSR count). The zero-order chi connectivity index (χ0) is 79.6. The van der Waals surface area contributed by atoms with Gasteiger partial charge in [0.2, 0.25) is 20.4 Å². The van der Waals surface area contributed by atoms with E-state index in [2.05, 4.69) is 72.8 Å². The summed E-state index contributed by atoms with van der Waals surface area (Å²) in [5.41, 5.74) is 14.6. The topological polar surface area (TPSA) is 158 Å². The van der Waals surface area contributed by atoms with E-state index < -0.39 is 0 Å². The van der Waals surface area contributed by atoms with Crippen molar-refractivity contribution in [3.8, 4) is 67.9 Å². The van der Waals surface area contributed by atoms with Crippen LogP contribution >= 0.6 is 0 Å². The van der Waals surface area contributed by atoms with Crippen molar-refractivity contribution in [1.29, 1.82) is 0 Å². The molecule has 3 aliphatic rings. The number of carbonyl (C=O) groups is 6. The van der Waals surface area contributed by atoms with Gasteiger partial charge < -0.3 is 28.4 Å². The van der Waals surface area contributed by atoms with Crippen LogP contribution in [0.4, 0.5) is 0 Å². The van der Waals surface area contributed by atoms with Gasteiger partial charge in [-0.05, 0) is 210 Å². The van der Waals surface area contributed by atoms with Gasteiger partial charge in [0.05, 0.1) is 0 Å². The minimum Gasteiger partial charge on any atom is -0.457 e. The standard InChI is InChI=1S/C41H30O4.2C31H26O4/c1-26-3-11-32(12-4-26)36(42)19-9-28-7-15-30-17-21-38-40(34(30)23-28)41-35-24-29(8-16-31(35)18-22-39(41)45-25-44-38)10-20-37(43)33-13-5-27(2)6-14-33;1-3-24(32)11-5-20-7-13-26-22(17-20)9-15-28-30(26)31-27-14-8-21(6-12-25(33)4-2)18-23(27)10-16-29(31)35-19-34-28;1-3-24(32)15-13-22-17-20-9-5-7-11-26(20)28-29-27-12-8-6-10-21(27)18-23(14-16-25(33)4-2)31(29)35-19-34-30(22)28/h3-24H,25H2,1-2H3;2*5-18H,3-4,19H2,1-2H3/b19-9-,20-10-;11-5-,12-6-;15-13-,16-14-. The number of benzene rings is 14. The normalized spacial score (nSPS) is 12.7. The first-order valence-electron chi connectivity index (χ1n) is 38.7. The van der Waals surface area contributed by atoms with Crippen LogP contribution in [0.2, 0.25) is 0 Å². The van der Waals surface area contributed by atoms with Crippen LogP contribution in [0.15, 0.2) is 267 Å². The molecule has 115 heavy (non-hydrogen) atoms. The summed E-state index contributed by atoms with van der Waals surface area (Å²) < 4.78 is 36.6. The quantitative estimate of drug-likeness (QED) is 0.0592. The molecule has 0 aliphatic carbocycles. The van der Waals surface area contributed by atoms with Crippen molar-refractivity contribution in [2.45, 2.75) is 67.2 Å². The molecule has 0 radical (unpaired) electrons. The number of ketones is 6. The van der Waals surface area contributed by atoms with Crippen LogP contribution in [0.1, 0.15) is 119 Å². The van der Waals surface area contributed by atoms with Crippen LogP contribution in [-0.4, -0.2) is 55.1 Å². The van der Waals surface area contributed by atoms with E-state index in [1.165, 1.54) is 0 Å². The third kappa shape index (κ3) is 16.6. The molecule has 3 heterocycles. The molecule has 0 N–H and O–H groups in total. The average molecular weight is 1510 g/mol. The van der Waals surface area contributed by atoms with Crippen LogP contribution < -0.4 is 28.4 Å². The number of allylic oxidation sites excluding steroid dienone is 6. The predicted molar refractivity (Wildman–Crippen MR) is 465 cm³/mol. The number of aryl methyl sites for hydroxylation is 2. The molecule has 3 aliphatic heterocycles. The van der Waals surface area contributed by atoms with E-state index in [-0.39, 0.29) is 55.1 Å². The van der Waals surface area contributed by atoms with Gasteiger partial charge in [0.1, 0.15) is 34.5 Å². The minimum atomic E-state index is -0.0449. The van der Waals surface area contributed by atoms with E-state index in [0.29, 0.717) is 48.3 Å². The lowest BCUT2D eigenvalue weighted by Crippen LogP contribution is -2.05. The van der Waals surface area contributed by atoms with Gasteiger partial charge in [-0.1, -0.05) is 233 Å². The van der Waals surface area contributed by atoms with Crippen molar-refractivity contribution in [2.24, 2.45) is 0 Å². The SMILES string of the molecule is CCC(=O)/C=C\c1cc2ccccc2c2c1OCOc1c(/C=C\C(=O)CC)cc3ccccc3c1-2.CCC(=O)/C=C\c1ccc2c3c(ccc2c1)OCOc1ccc2cc(/C=C\C(=O)CC)ccc2c1-3.Cc1ccc(C(=O)/C=C\c2ccc3ccc4c(c3c2)-c2c(ccc3ccc(/C=C\C(=O)c5ccc(C)cc5)cc23)OCO4)cc1. The third-order valence-electron chi connectivity index (χ3n) is 20.8. The molecular formula is C103H82O12. The molecule has 0 amide bonds. The fourth-order valence-electron chi connectivity index (χ4n) is 14.6. The Morgan fingerprint density at radius 2 is 0.565 bits per heavy atom. The minimum absolute atomic E-state index is 0.0157. The highest BCUT2D eigenvalue weighted by Crippen LogP contribution is 2.53. The van der Waals surface area contributed by atoms with E-state index in [0.717, 1.165) is 166 Å². The largest absolute Gasteiger partial charge is 0.457 e. The van der Waals surface area contributed by atoms with Crippen LogP contribution in [0.5, 0.6) is 34.5 Å². The highest BCUT2D eigenvalue weighted by molar-refractivity contribution is 6.16. The first kappa shape index (κ1) is 76.3. The van der Waals surface area contributed by atoms with Gasteiger partial charge in [0.25, 0.3) is 0 Å². The molecule has 0 unspecified atom stereocenters. The summed E-state index contributed by atoms with van der Waals surface area (Å²) in [4.78, 5) is 73.3. The van der Waals surface area contributed by atoms with E-state index in [4.69, 9.17) is 28.4 Å². The summed E-state index contributed by atoms with van der Waals surface area (Å²) in [5.74, 6) is 4.56. The van der Waals surface area contributed by atoms with E-state index >= 15 is 0 Å². The van der Waals surface area contributed by atoms with Crippen molar-refractivity contribution in [2.75, 3.05) is 20.4 Å². The maximum absolute atomic E-state index is 12.9. The molecule has 0 aromatic heterocycles. The molecule has 14 aromatic rings. The molecule has 12 heteroatoms.